The van der Waals surface area contributed by atoms with Gasteiger partial charge in [0.15, 0.2) is 0 Å². The molecule has 0 aliphatic heterocycles. The molecule has 0 saturated heterocycles. The second-order valence-electron chi connectivity index (χ2n) is 3.46. The average molecular weight is 214 g/mol. The molecule has 0 unspecified atom stereocenters. The van der Waals surface area contributed by atoms with Gasteiger partial charge in [0.25, 0.3) is 0 Å². The van der Waals surface area contributed by atoms with Crippen LogP contribution in [0.2, 0.25) is 0 Å². The van der Waals surface area contributed by atoms with Gasteiger partial charge in [-0.15, -0.1) is 0 Å². The summed E-state index contributed by atoms with van der Waals surface area (Å²) in [6.07, 6.45) is 0. The maximum absolute atomic E-state index is 11.0. The Labute approximate surface area is 91.8 Å². The Balaban J connectivity index is 2.73. The van der Waals surface area contributed by atoms with Gasteiger partial charge < -0.3 is 10.8 Å². The fourth-order valence-corrected chi connectivity index (χ4v) is 1.64. The largest absolute Gasteiger partial charge is 0.478 e. The van der Waals surface area contributed by atoms with Gasteiger partial charge in [-0.1, -0.05) is 24.3 Å². The number of nitrogens with one attached hydrogen (secondary N) is 1. The van der Waals surface area contributed by atoms with Crippen molar-refractivity contribution in [3.8, 4) is 0 Å². The van der Waals surface area contributed by atoms with Crippen molar-refractivity contribution < 1.29 is 9.90 Å². The fraction of sp³-hybridized carbons (Fsp3) is 0. The van der Waals surface area contributed by atoms with E-state index in [1.165, 1.54) is 0 Å². The molecular formula is C12H10N2O2. The minimum atomic E-state index is -0.957. The lowest BCUT2D eigenvalue weighted by Crippen LogP contribution is -2.10. The van der Waals surface area contributed by atoms with Crippen molar-refractivity contribution in [2.45, 2.75) is 0 Å². The summed E-state index contributed by atoms with van der Waals surface area (Å²) in [7, 11) is 0. The van der Waals surface area contributed by atoms with Gasteiger partial charge in [0.1, 0.15) is 5.84 Å². The number of carbonyl (C=O) groups is 1. The normalized spacial score (nSPS) is 10.2. The summed E-state index contributed by atoms with van der Waals surface area (Å²) >= 11 is 0. The molecule has 80 valence electrons. The highest BCUT2D eigenvalue weighted by Crippen LogP contribution is 2.20. The van der Waals surface area contributed by atoms with E-state index >= 15 is 0 Å². The molecule has 0 radical (unpaired) electrons. The average Bonchev–Trinajstić information content (AvgIpc) is 2.27. The first-order valence-electron chi connectivity index (χ1n) is 4.70. The smallest absolute Gasteiger partial charge is 0.336 e. The fourth-order valence-electron chi connectivity index (χ4n) is 1.64. The summed E-state index contributed by atoms with van der Waals surface area (Å²) in [5.41, 5.74) is 6.22. The standard InChI is InChI=1S/C12H10N2O2/c13-11(14)8-4-5-9-7(6-8)2-1-3-10(9)12(15)16/h1-6H,(H3,13,14)(H,15,16). The zero-order valence-corrected chi connectivity index (χ0v) is 8.40. The summed E-state index contributed by atoms with van der Waals surface area (Å²) in [5.74, 6) is -0.983. The minimum absolute atomic E-state index is 0.0253. The first-order chi connectivity index (χ1) is 7.59. The van der Waals surface area contributed by atoms with Crippen molar-refractivity contribution in [3.63, 3.8) is 0 Å². The van der Waals surface area contributed by atoms with Crippen LogP contribution in [-0.2, 0) is 0 Å². The van der Waals surface area contributed by atoms with E-state index in [0.29, 0.717) is 10.9 Å². The number of aromatic carboxylic acids is 1. The van der Waals surface area contributed by atoms with Crippen LogP contribution in [0.1, 0.15) is 15.9 Å². The molecule has 4 N–H and O–H groups in total. The number of hydrogen-bond acceptors (Lipinski definition) is 2. The van der Waals surface area contributed by atoms with Crippen LogP contribution < -0.4 is 5.73 Å². The van der Waals surface area contributed by atoms with Gasteiger partial charge in [-0.25, -0.2) is 4.79 Å². The van der Waals surface area contributed by atoms with Gasteiger partial charge >= 0.3 is 5.97 Å². The quantitative estimate of drug-likeness (QED) is 0.526. The number of fused-ring (bicyclic) bond motifs is 1. The summed E-state index contributed by atoms with van der Waals surface area (Å²) in [6, 6.07) is 10.1. The maximum Gasteiger partial charge on any atom is 0.336 e. The minimum Gasteiger partial charge on any atom is -0.478 e. The van der Waals surface area contributed by atoms with Crippen molar-refractivity contribution in [3.05, 3.63) is 47.5 Å². The van der Waals surface area contributed by atoms with Gasteiger partial charge in [0.05, 0.1) is 5.56 Å². The van der Waals surface area contributed by atoms with Crippen LogP contribution >= 0.6 is 0 Å². The molecule has 0 atom stereocenters. The Morgan fingerprint density at radius 3 is 2.62 bits per heavy atom. The topological polar surface area (TPSA) is 87.2 Å². The lowest BCUT2D eigenvalue weighted by Gasteiger charge is -2.04. The van der Waals surface area contributed by atoms with Gasteiger partial charge in [-0.2, -0.15) is 0 Å². The molecule has 2 rings (SSSR count). The second-order valence-corrected chi connectivity index (χ2v) is 3.46. The molecule has 2 aromatic carbocycles. The Morgan fingerprint density at radius 2 is 2.00 bits per heavy atom. The lowest BCUT2D eigenvalue weighted by molar-refractivity contribution is 0.0699. The number of carboxylic acids is 1. The summed E-state index contributed by atoms with van der Waals surface area (Å²) in [5, 5.41) is 17.7. The summed E-state index contributed by atoms with van der Waals surface area (Å²) < 4.78 is 0. The van der Waals surface area contributed by atoms with Gasteiger partial charge in [-0.05, 0) is 22.9 Å². The van der Waals surface area contributed by atoms with E-state index in [4.69, 9.17) is 16.2 Å². The molecule has 4 heteroatoms. The van der Waals surface area contributed by atoms with E-state index in [0.717, 1.165) is 5.39 Å². The van der Waals surface area contributed by atoms with Crippen molar-refractivity contribution >= 4 is 22.6 Å². The zero-order chi connectivity index (χ0) is 11.7. The van der Waals surface area contributed by atoms with E-state index in [9.17, 15) is 4.79 Å². The number of benzene rings is 2. The molecule has 2 aromatic rings. The van der Waals surface area contributed by atoms with Crippen LogP contribution in [0.15, 0.2) is 36.4 Å². The number of nitrogens with two attached hydrogens (primary N) is 1. The maximum atomic E-state index is 11.0. The van der Waals surface area contributed by atoms with E-state index in [1.807, 2.05) is 0 Å². The van der Waals surface area contributed by atoms with E-state index in [1.54, 1.807) is 36.4 Å². The van der Waals surface area contributed by atoms with Crippen LogP contribution in [0, 0.1) is 5.41 Å². The Morgan fingerprint density at radius 1 is 1.25 bits per heavy atom. The molecule has 0 aromatic heterocycles. The van der Waals surface area contributed by atoms with Crippen molar-refractivity contribution in [2.75, 3.05) is 0 Å². The van der Waals surface area contributed by atoms with Crippen LogP contribution in [-0.4, -0.2) is 16.9 Å². The van der Waals surface area contributed by atoms with Crippen molar-refractivity contribution in [1.29, 1.82) is 5.41 Å². The summed E-state index contributed by atoms with van der Waals surface area (Å²) in [4.78, 5) is 11.0. The molecule has 0 fully saturated rings. The second kappa shape index (κ2) is 3.66. The van der Waals surface area contributed by atoms with Crippen LogP contribution in [0.25, 0.3) is 10.8 Å². The van der Waals surface area contributed by atoms with Crippen molar-refractivity contribution in [2.24, 2.45) is 5.73 Å². The number of amidine groups is 1. The van der Waals surface area contributed by atoms with Gasteiger partial charge in [0, 0.05) is 5.56 Å². The molecule has 0 aliphatic rings. The molecule has 16 heavy (non-hydrogen) atoms. The van der Waals surface area contributed by atoms with Crippen LogP contribution in [0.4, 0.5) is 0 Å². The third-order valence-corrected chi connectivity index (χ3v) is 2.42. The highest BCUT2D eigenvalue weighted by molar-refractivity contribution is 6.06. The number of carboxylic acid groups (broad SMARTS) is 1. The molecule has 4 nitrogen and oxygen atoms in total. The van der Waals surface area contributed by atoms with Crippen LogP contribution in [0.3, 0.4) is 0 Å². The molecule has 0 amide bonds. The monoisotopic (exact) mass is 214 g/mol. The highest BCUT2D eigenvalue weighted by Gasteiger charge is 2.08. The van der Waals surface area contributed by atoms with E-state index in [-0.39, 0.29) is 11.4 Å². The molecule has 0 heterocycles. The predicted molar refractivity (Wildman–Crippen MR) is 61.9 cm³/mol. The SMILES string of the molecule is N=C(N)c1ccc2c(C(=O)O)cccc2c1. The number of rotatable bonds is 2. The first-order valence-corrected chi connectivity index (χ1v) is 4.70. The first kappa shape index (κ1) is 10.2. The lowest BCUT2D eigenvalue weighted by atomic mass is 10.0. The predicted octanol–water partition coefficient (Wildman–Crippen LogP) is 1.82. The molecule has 0 spiro atoms. The molecular weight excluding hydrogens is 204 g/mol. The highest BCUT2D eigenvalue weighted by atomic mass is 16.4. The Bertz CT molecular complexity index is 591. The van der Waals surface area contributed by atoms with E-state index < -0.39 is 5.97 Å². The number of hydrogen-bond donors (Lipinski definition) is 3. The zero-order valence-electron chi connectivity index (χ0n) is 8.40. The molecule has 0 aliphatic carbocycles. The molecule has 0 bridgehead atoms. The Hall–Kier alpha value is -2.36. The van der Waals surface area contributed by atoms with E-state index in [2.05, 4.69) is 0 Å². The number of nitrogen functional groups attached to an aromatic ring is 1. The summed E-state index contributed by atoms with van der Waals surface area (Å²) in [6.45, 7) is 0. The van der Waals surface area contributed by atoms with Crippen LogP contribution in [0.5, 0.6) is 0 Å². The third-order valence-electron chi connectivity index (χ3n) is 2.42. The third kappa shape index (κ3) is 1.61. The molecule has 0 saturated carbocycles. The Kier molecular flexibility index (Phi) is 2.32. The van der Waals surface area contributed by atoms with Gasteiger partial charge in [-0.3, -0.25) is 5.41 Å². The van der Waals surface area contributed by atoms with Gasteiger partial charge in [0.2, 0.25) is 0 Å². The van der Waals surface area contributed by atoms with Crippen molar-refractivity contribution in [1.82, 2.24) is 0 Å².